The van der Waals surface area contributed by atoms with Crippen LogP contribution in [-0.4, -0.2) is 12.4 Å². The first-order valence-electron chi connectivity index (χ1n) is 9.51. The predicted octanol–water partition coefficient (Wildman–Crippen LogP) is 8.13. The second-order valence-corrected chi connectivity index (χ2v) is 12.3. The van der Waals surface area contributed by atoms with Crippen LogP contribution >= 0.6 is 28.5 Å². The summed E-state index contributed by atoms with van der Waals surface area (Å²) in [5.41, 5.74) is 7.23. The third-order valence-electron chi connectivity index (χ3n) is 5.29. The van der Waals surface area contributed by atoms with Crippen LogP contribution in [0.15, 0.2) is 46.4 Å². The van der Waals surface area contributed by atoms with Crippen molar-refractivity contribution in [3.8, 4) is 0 Å². The van der Waals surface area contributed by atoms with Crippen LogP contribution in [0, 0.1) is 39.5 Å². The average molecular weight is 551 g/mol. The molecule has 3 rings (SSSR count). The summed E-state index contributed by atoms with van der Waals surface area (Å²) in [7, 11) is 1.25. The number of hydrogen-bond donors (Lipinski definition) is 0. The SMILES string of the molecule is Cc1cccc(C)c1N=CC1CCCC1C=Nc1c(C)cccc1C.[Br][Ni][Br]. The van der Waals surface area contributed by atoms with Crippen molar-refractivity contribution >= 4 is 52.3 Å². The van der Waals surface area contributed by atoms with E-state index in [9.17, 15) is 0 Å². The third kappa shape index (κ3) is 6.64. The molecule has 0 saturated heterocycles. The molecule has 2 unspecified atom stereocenters. The number of aryl methyl sites for hydroxylation is 4. The summed E-state index contributed by atoms with van der Waals surface area (Å²) < 4.78 is 0. The summed E-state index contributed by atoms with van der Waals surface area (Å²) in [6.45, 7) is 8.53. The quantitative estimate of drug-likeness (QED) is 0.271. The van der Waals surface area contributed by atoms with Crippen LogP contribution in [0.25, 0.3) is 0 Å². The molecule has 1 aliphatic rings. The van der Waals surface area contributed by atoms with Gasteiger partial charge in [0.25, 0.3) is 0 Å². The Hall–Kier alpha value is -0.766. The molecular formula is C23H28Br2N2Ni. The van der Waals surface area contributed by atoms with Gasteiger partial charge in [0.15, 0.2) is 0 Å². The predicted molar refractivity (Wildman–Crippen MR) is 127 cm³/mol. The fourth-order valence-corrected chi connectivity index (χ4v) is 3.75. The minimum atomic E-state index is 0.493. The Morgan fingerprint density at radius 2 is 1.07 bits per heavy atom. The van der Waals surface area contributed by atoms with E-state index in [1.807, 2.05) is 0 Å². The molecule has 1 fully saturated rings. The van der Waals surface area contributed by atoms with Crippen LogP contribution in [0.1, 0.15) is 41.5 Å². The molecule has 154 valence electrons. The van der Waals surface area contributed by atoms with Crippen LogP contribution in [0.2, 0.25) is 0 Å². The fourth-order valence-electron chi connectivity index (χ4n) is 3.75. The normalized spacial score (nSPS) is 19.4. The molecule has 1 saturated carbocycles. The van der Waals surface area contributed by atoms with Crippen LogP contribution in [0.5, 0.6) is 0 Å². The van der Waals surface area contributed by atoms with E-state index in [1.165, 1.54) is 52.4 Å². The summed E-state index contributed by atoms with van der Waals surface area (Å²) in [6.07, 6.45) is 8.01. The van der Waals surface area contributed by atoms with Crippen molar-refractivity contribution in [3.63, 3.8) is 0 Å². The first kappa shape index (κ1) is 23.5. The molecule has 2 aromatic carbocycles. The Morgan fingerprint density at radius 3 is 1.39 bits per heavy atom. The summed E-state index contributed by atoms with van der Waals surface area (Å²) in [6, 6.07) is 12.7. The van der Waals surface area contributed by atoms with Crippen molar-refractivity contribution in [1.29, 1.82) is 0 Å². The molecule has 2 aromatic rings. The Balaban J connectivity index is 0.000000878. The number of nitrogens with zero attached hydrogens (tertiary/aromatic N) is 2. The zero-order valence-corrected chi connectivity index (χ0v) is 21.0. The molecule has 5 heteroatoms. The Labute approximate surface area is 189 Å². The summed E-state index contributed by atoms with van der Waals surface area (Å²) >= 11 is 6.00. The molecule has 2 atom stereocenters. The second-order valence-electron chi connectivity index (χ2n) is 7.34. The Kier molecular flexibility index (Phi) is 10.1. The van der Waals surface area contributed by atoms with Crippen LogP contribution in [0.4, 0.5) is 11.4 Å². The number of rotatable bonds is 4. The monoisotopic (exact) mass is 548 g/mol. The third-order valence-corrected chi connectivity index (χ3v) is 5.29. The molecule has 28 heavy (non-hydrogen) atoms. The number of halogens is 2. The van der Waals surface area contributed by atoms with Gasteiger partial charge < -0.3 is 0 Å². The molecule has 0 bridgehead atoms. The molecule has 0 spiro atoms. The van der Waals surface area contributed by atoms with E-state index >= 15 is 0 Å². The molecule has 0 heterocycles. The Morgan fingerprint density at radius 1 is 0.750 bits per heavy atom. The maximum atomic E-state index is 4.84. The summed E-state index contributed by atoms with van der Waals surface area (Å²) in [4.78, 5) is 9.68. The topological polar surface area (TPSA) is 24.7 Å². The van der Waals surface area contributed by atoms with Gasteiger partial charge >= 0.3 is 39.3 Å². The fraction of sp³-hybridized carbons (Fsp3) is 0.391. The molecule has 1 aliphatic carbocycles. The van der Waals surface area contributed by atoms with Crippen molar-refractivity contribution in [2.45, 2.75) is 47.0 Å². The van der Waals surface area contributed by atoms with E-state index in [2.05, 4.69) is 105 Å². The minimum absolute atomic E-state index is 0.493. The molecule has 2 nitrogen and oxygen atoms in total. The van der Waals surface area contributed by atoms with Gasteiger partial charge in [-0.1, -0.05) is 42.8 Å². The van der Waals surface area contributed by atoms with Gasteiger partial charge in [-0.3, -0.25) is 9.98 Å². The van der Waals surface area contributed by atoms with Crippen LogP contribution in [0.3, 0.4) is 0 Å². The van der Waals surface area contributed by atoms with Gasteiger partial charge in [0.2, 0.25) is 0 Å². The van der Waals surface area contributed by atoms with Gasteiger partial charge in [0, 0.05) is 24.3 Å². The number of aliphatic imine (C=N–C) groups is 2. The zero-order chi connectivity index (χ0) is 20.5. The van der Waals surface area contributed by atoms with Crippen molar-refractivity contribution < 1.29 is 10.9 Å². The molecule has 0 aliphatic heterocycles. The van der Waals surface area contributed by atoms with Gasteiger partial charge in [0.1, 0.15) is 0 Å². The van der Waals surface area contributed by atoms with E-state index in [4.69, 9.17) is 9.98 Å². The van der Waals surface area contributed by atoms with Crippen molar-refractivity contribution in [1.82, 2.24) is 0 Å². The van der Waals surface area contributed by atoms with Crippen molar-refractivity contribution in [3.05, 3.63) is 58.7 Å². The molecule has 0 radical (unpaired) electrons. The van der Waals surface area contributed by atoms with Crippen LogP contribution < -0.4 is 0 Å². The molecular weight excluding hydrogens is 523 g/mol. The van der Waals surface area contributed by atoms with E-state index in [1.54, 1.807) is 0 Å². The molecule has 0 aromatic heterocycles. The number of benzene rings is 2. The van der Waals surface area contributed by atoms with Crippen molar-refractivity contribution in [2.75, 3.05) is 0 Å². The van der Waals surface area contributed by atoms with E-state index < -0.39 is 0 Å². The number of hydrogen-bond acceptors (Lipinski definition) is 2. The van der Waals surface area contributed by atoms with Gasteiger partial charge in [-0.05, 0) is 62.8 Å². The van der Waals surface area contributed by atoms with Gasteiger partial charge in [-0.2, -0.15) is 0 Å². The Bertz CT molecular complexity index is 725. The average Bonchev–Trinajstić information content (AvgIpc) is 3.09. The first-order valence-corrected chi connectivity index (χ1v) is 14.4. The molecule has 0 amide bonds. The standard InChI is InChI=1S/C23H28N2.2BrH.Ni/c1-16-8-5-9-17(2)22(16)24-14-20-12-7-13-21(20)15-25-23-18(3)10-6-11-19(23)4;;;/h5-6,8-11,14-15,20-21H,7,12-13H2,1-4H3;2*1H;/q;;;+2/p-2. The van der Waals surface area contributed by atoms with Gasteiger partial charge in [-0.25, -0.2) is 0 Å². The van der Waals surface area contributed by atoms with Crippen LogP contribution in [-0.2, 0) is 10.9 Å². The summed E-state index contributed by atoms with van der Waals surface area (Å²) in [5.74, 6) is 0.985. The molecule has 0 N–H and O–H groups in total. The first-order chi connectivity index (χ1) is 13.5. The van der Waals surface area contributed by atoms with Gasteiger partial charge in [-0.15, -0.1) is 0 Å². The maximum absolute atomic E-state index is 4.84. The van der Waals surface area contributed by atoms with Crippen molar-refractivity contribution in [2.24, 2.45) is 21.8 Å². The van der Waals surface area contributed by atoms with Gasteiger partial charge in [0.05, 0.1) is 11.4 Å². The summed E-state index contributed by atoms with van der Waals surface area (Å²) in [5, 5.41) is 0. The van der Waals surface area contributed by atoms with E-state index in [0.717, 1.165) is 11.4 Å². The number of para-hydroxylation sites is 2. The van der Waals surface area contributed by atoms with E-state index in [0.29, 0.717) is 11.8 Å². The second kappa shape index (κ2) is 12.0. The zero-order valence-electron chi connectivity index (χ0n) is 16.9. The van der Waals surface area contributed by atoms with E-state index in [-0.39, 0.29) is 0 Å².